The average Bonchev–Trinajstić information content (AvgIpc) is 2.82. The van der Waals surface area contributed by atoms with Crippen molar-refractivity contribution in [1.29, 1.82) is 0 Å². The Balaban J connectivity index is 4.41. The monoisotopic (exact) mass is 501 g/mol. The van der Waals surface area contributed by atoms with Gasteiger partial charge in [0.25, 0.3) is 0 Å². The first-order chi connectivity index (χ1) is 16.7. The third kappa shape index (κ3) is 20.3. The second-order valence-corrected chi connectivity index (χ2v) is 12.6. The van der Waals surface area contributed by atoms with Crippen molar-refractivity contribution in [2.75, 3.05) is 39.5 Å². The molecule has 0 aromatic rings. The molecule has 0 aliphatic carbocycles. The second-order valence-electron chi connectivity index (χ2n) is 9.88. The van der Waals surface area contributed by atoms with Gasteiger partial charge in [-0.15, -0.1) is 0 Å². The summed E-state index contributed by atoms with van der Waals surface area (Å²) in [5.41, 5.74) is 0. The molecule has 34 heavy (non-hydrogen) atoms. The number of nitrogens with zero attached hydrogens (tertiary/aromatic N) is 1. The fourth-order valence-corrected chi connectivity index (χ4v) is 7.39. The van der Waals surface area contributed by atoms with Crippen molar-refractivity contribution in [1.82, 2.24) is 4.90 Å². The van der Waals surface area contributed by atoms with Gasteiger partial charge in [-0.2, -0.15) is 0 Å². The zero-order chi connectivity index (χ0) is 25.2. The van der Waals surface area contributed by atoms with Gasteiger partial charge in [0.1, 0.15) is 0 Å². The first-order valence-electron chi connectivity index (χ1n) is 15.3. The summed E-state index contributed by atoms with van der Waals surface area (Å²) in [5, 5.41) is 0. The molecule has 0 aliphatic heterocycles. The van der Waals surface area contributed by atoms with Gasteiger partial charge in [-0.05, 0) is 59.7 Å². The summed E-state index contributed by atoms with van der Waals surface area (Å²) in [6.07, 6.45) is 23.4. The molecule has 0 unspecified atom stereocenters. The summed E-state index contributed by atoms with van der Waals surface area (Å²) in [4.78, 5) is 2.72. The van der Waals surface area contributed by atoms with E-state index in [4.69, 9.17) is 13.3 Å². The Hall–Kier alpha value is 0.0569. The lowest BCUT2D eigenvalue weighted by atomic mass is 10.1. The van der Waals surface area contributed by atoms with Crippen molar-refractivity contribution in [2.24, 2.45) is 0 Å². The number of hydrogen-bond donors (Lipinski definition) is 0. The third-order valence-corrected chi connectivity index (χ3v) is 9.86. The van der Waals surface area contributed by atoms with Crippen LogP contribution in [0, 0.1) is 0 Å². The van der Waals surface area contributed by atoms with Crippen LogP contribution >= 0.6 is 0 Å². The van der Waals surface area contributed by atoms with Crippen LogP contribution in [0.2, 0.25) is 6.04 Å². The lowest BCUT2D eigenvalue weighted by molar-refractivity contribution is 0.0698. The van der Waals surface area contributed by atoms with Crippen LogP contribution in [0.4, 0.5) is 0 Å². The number of unbranched alkanes of at least 4 members (excludes halogenated alkanes) is 14. The highest BCUT2D eigenvalue weighted by molar-refractivity contribution is 6.60. The van der Waals surface area contributed by atoms with E-state index in [1.54, 1.807) is 0 Å². The van der Waals surface area contributed by atoms with E-state index in [1.165, 1.54) is 116 Å². The van der Waals surface area contributed by atoms with Crippen molar-refractivity contribution < 1.29 is 13.3 Å². The molecule has 0 radical (unpaired) electrons. The molecule has 0 saturated heterocycles. The SMILES string of the molecule is CCCCCCCCCCN(CCCCCCCCCC)CCC[Si](OCC)(OCC)OCC. The summed E-state index contributed by atoms with van der Waals surface area (Å²) in [5.74, 6) is 0. The van der Waals surface area contributed by atoms with Crippen molar-refractivity contribution in [2.45, 2.75) is 150 Å². The maximum absolute atomic E-state index is 6.07. The van der Waals surface area contributed by atoms with Crippen molar-refractivity contribution in [3.8, 4) is 0 Å². The topological polar surface area (TPSA) is 30.9 Å². The molecule has 206 valence electrons. The summed E-state index contributed by atoms with van der Waals surface area (Å²) in [7, 11) is -2.51. The number of hydrogen-bond acceptors (Lipinski definition) is 4. The third-order valence-electron chi connectivity index (χ3n) is 6.71. The van der Waals surface area contributed by atoms with Crippen LogP contribution in [0.1, 0.15) is 144 Å². The minimum atomic E-state index is -2.51. The fraction of sp³-hybridized carbons (Fsp3) is 1.00. The van der Waals surface area contributed by atoms with Gasteiger partial charge in [0.2, 0.25) is 0 Å². The van der Waals surface area contributed by atoms with E-state index >= 15 is 0 Å². The van der Waals surface area contributed by atoms with E-state index in [-0.39, 0.29) is 0 Å². The van der Waals surface area contributed by atoms with E-state index in [0.29, 0.717) is 19.8 Å². The van der Waals surface area contributed by atoms with Crippen LogP contribution in [0.25, 0.3) is 0 Å². The van der Waals surface area contributed by atoms with Gasteiger partial charge in [0.15, 0.2) is 0 Å². The molecule has 0 aromatic carbocycles. The van der Waals surface area contributed by atoms with Crippen LogP contribution in [-0.4, -0.2) is 53.2 Å². The Labute approximate surface area is 216 Å². The zero-order valence-corrected chi connectivity index (χ0v) is 25.1. The molecule has 0 heterocycles. The molecule has 4 nitrogen and oxygen atoms in total. The molecule has 0 atom stereocenters. The predicted octanol–water partition coefficient (Wildman–Crippen LogP) is 9.01. The quantitative estimate of drug-likeness (QED) is 0.0790. The van der Waals surface area contributed by atoms with Gasteiger partial charge in [-0.1, -0.05) is 104 Å². The van der Waals surface area contributed by atoms with Crippen molar-refractivity contribution >= 4 is 8.80 Å². The summed E-state index contributed by atoms with van der Waals surface area (Å²) in [6, 6.07) is 0.938. The number of rotatable bonds is 28. The van der Waals surface area contributed by atoms with Crippen LogP contribution in [0.5, 0.6) is 0 Å². The van der Waals surface area contributed by atoms with E-state index < -0.39 is 8.80 Å². The highest BCUT2D eigenvalue weighted by atomic mass is 28.4. The summed E-state index contributed by atoms with van der Waals surface area (Å²) in [6.45, 7) is 16.4. The molecular weight excluding hydrogens is 438 g/mol. The molecule has 0 N–H and O–H groups in total. The molecule has 0 rings (SSSR count). The minimum Gasteiger partial charge on any atom is -0.374 e. The molecule has 0 amide bonds. The Kier molecular flexibility index (Phi) is 26.2. The highest BCUT2D eigenvalue weighted by Crippen LogP contribution is 2.19. The van der Waals surface area contributed by atoms with Gasteiger partial charge in [0, 0.05) is 25.9 Å². The van der Waals surface area contributed by atoms with E-state index in [9.17, 15) is 0 Å². The first kappa shape index (κ1) is 34.1. The molecule has 0 spiro atoms. The molecule has 0 aliphatic rings. The maximum Gasteiger partial charge on any atom is 0.500 e. The van der Waals surface area contributed by atoms with E-state index in [2.05, 4.69) is 39.5 Å². The van der Waals surface area contributed by atoms with Crippen molar-refractivity contribution in [3.05, 3.63) is 0 Å². The van der Waals surface area contributed by atoms with Crippen LogP contribution in [0.15, 0.2) is 0 Å². The lowest BCUT2D eigenvalue weighted by Gasteiger charge is -2.30. The normalized spacial score (nSPS) is 12.2. The van der Waals surface area contributed by atoms with Gasteiger partial charge in [0.05, 0.1) is 0 Å². The maximum atomic E-state index is 6.07. The van der Waals surface area contributed by atoms with E-state index in [1.807, 2.05) is 0 Å². The highest BCUT2D eigenvalue weighted by Gasteiger charge is 2.39. The molecule has 0 bridgehead atoms. The van der Waals surface area contributed by atoms with Gasteiger partial charge >= 0.3 is 8.80 Å². The molecule has 0 aromatic heterocycles. The minimum absolute atomic E-state index is 0.673. The summed E-state index contributed by atoms with van der Waals surface area (Å²) >= 11 is 0. The lowest BCUT2D eigenvalue weighted by Crippen LogP contribution is -2.46. The van der Waals surface area contributed by atoms with E-state index in [0.717, 1.165) is 19.0 Å². The molecular formula is C29H63NO3Si. The van der Waals surface area contributed by atoms with Gasteiger partial charge in [-0.25, -0.2) is 0 Å². The Morgan fingerprint density at radius 3 is 1.09 bits per heavy atom. The Bertz CT molecular complexity index is 361. The smallest absolute Gasteiger partial charge is 0.374 e. The zero-order valence-electron chi connectivity index (χ0n) is 24.1. The Morgan fingerprint density at radius 2 is 0.735 bits per heavy atom. The summed E-state index contributed by atoms with van der Waals surface area (Å²) < 4.78 is 18.2. The second kappa shape index (κ2) is 26.1. The Morgan fingerprint density at radius 1 is 0.412 bits per heavy atom. The van der Waals surface area contributed by atoms with Crippen LogP contribution in [-0.2, 0) is 13.3 Å². The fourth-order valence-electron chi connectivity index (χ4n) is 4.79. The predicted molar refractivity (Wildman–Crippen MR) is 152 cm³/mol. The van der Waals surface area contributed by atoms with Gasteiger partial charge < -0.3 is 18.2 Å². The molecule has 5 heteroatoms. The average molecular weight is 502 g/mol. The van der Waals surface area contributed by atoms with Gasteiger partial charge in [-0.3, -0.25) is 0 Å². The van der Waals surface area contributed by atoms with Crippen molar-refractivity contribution in [3.63, 3.8) is 0 Å². The molecule has 0 fully saturated rings. The standard InChI is InChI=1S/C29H63NO3Si/c1-6-11-13-15-17-19-21-23-26-30(27-24-22-20-18-16-14-12-7-2)28-25-29-34(31-8-3,32-9-4)33-10-5/h6-29H2,1-5H3. The first-order valence-corrected chi connectivity index (χ1v) is 17.2. The molecule has 0 saturated carbocycles. The van der Waals surface area contributed by atoms with Crippen LogP contribution < -0.4 is 0 Å². The largest absolute Gasteiger partial charge is 0.500 e. The van der Waals surface area contributed by atoms with Crippen LogP contribution in [0.3, 0.4) is 0 Å².